The van der Waals surface area contributed by atoms with E-state index in [0.29, 0.717) is 12.8 Å². The van der Waals surface area contributed by atoms with E-state index in [2.05, 4.69) is 4.18 Å². The van der Waals surface area contributed by atoms with Crippen LogP contribution in [0.25, 0.3) is 0 Å². The normalized spacial score (nSPS) is 13.4. The molecule has 0 aliphatic carbocycles. The molecule has 0 amide bonds. The van der Waals surface area contributed by atoms with Gasteiger partial charge in [-0.15, -0.1) is 0 Å². The van der Waals surface area contributed by atoms with Crippen LogP contribution in [-0.2, 0) is 16.9 Å². The molecule has 0 saturated carbocycles. The lowest BCUT2D eigenvalue weighted by Crippen LogP contribution is -2.02. The second-order valence-electron chi connectivity index (χ2n) is 3.51. The van der Waals surface area contributed by atoms with Gasteiger partial charge in [0.05, 0.1) is 6.10 Å². The van der Waals surface area contributed by atoms with Crippen molar-refractivity contribution in [2.45, 2.75) is 25.9 Å². The lowest BCUT2D eigenvalue weighted by Gasteiger charge is -2.05. The van der Waals surface area contributed by atoms with Gasteiger partial charge in [-0.05, 0) is 37.5 Å². The van der Waals surface area contributed by atoms with Gasteiger partial charge in [-0.3, -0.25) is 0 Å². The standard InChI is InChI=1S/C10H13FO4S/c1-8(12)2-3-9-4-6-10(7-5-9)15-16(11,13)14/h4-8,12H,2-3H2,1H3. The fourth-order valence-corrected chi connectivity index (χ4v) is 1.54. The van der Waals surface area contributed by atoms with Crippen LogP contribution in [-0.4, -0.2) is 19.6 Å². The van der Waals surface area contributed by atoms with Gasteiger partial charge in [0.2, 0.25) is 0 Å². The summed E-state index contributed by atoms with van der Waals surface area (Å²) in [5, 5.41) is 9.07. The minimum atomic E-state index is -4.96. The molecule has 4 nitrogen and oxygen atoms in total. The van der Waals surface area contributed by atoms with E-state index in [1.807, 2.05) is 0 Å². The molecule has 16 heavy (non-hydrogen) atoms. The maximum Gasteiger partial charge on any atom is 0.488 e. The molecule has 0 fully saturated rings. The van der Waals surface area contributed by atoms with Crippen molar-refractivity contribution in [2.75, 3.05) is 0 Å². The number of rotatable bonds is 5. The zero-order chi connectivity index (χ0) is 12.2. The van der Waals surface area contributed by atoms with E-state index in [0.717, 1.165) is 5.56 Å². The first kappa shape index (κ1) is 12.9. The van der Waals surface area contributed by atoms with Crippen molar-refractivity contribution in [1.82, 2.24) is 0 Å². The molecule has 0 heterocycles. The fourth-order valence-electron chi connectivity index (χ4n) is 1.20. The van der Waals surface area contributed by atoms with Crippen LogP contribution in [0, 0.1) is 0 Å². The number of hydrogen-bond donors (Lipinski definition) is 1. The highest BCUT2D eigenvalue weighted by atomic mass is 32.3. The molecule has 0 aliphatic heterocycles. The highest BCUT2D eigenvalue weighted by Crippen LogP contribution is 2.16. The largest absolute Gasteiger partial charge is 0.488 e. The summed E-state index contributed by atoms with van der Waals surface area (Å²) in [5.41, 5.74) is 0.921. The molecule has 90 valence electrons. The van der Waals surface area contributed by atoms with Crippen molar-refractivity contribution in [1.29, 1.82) is 0 Å². The van der Waals surface area contributed by atoms with E-state index in [9.17, 15) is 12.3 Å². The number of aryl methyl sites for hydroxylation is 1. The molecular formula is C10H13FO4S. The summed E-state index contributed by atoms with van der Waals surface area (Å²) in [4.78, 5) is 0. The van der Waals surface area contributed by atoms with Crippen LogP contribution in [0.3, 0.4) is 0 Å². The van der Waals surface area contributed by atoms with Gasteiger partial charge in [-0.1, -0.05) is 16.0 Å². The zero-order valence-corrected chi connectivity index (χ0v) is 9.58. The summed E-state index contributed by atoms with van der Waals surface area (Å²) in [6.07, 6.45) is 0.893. The highest BCUT2D eigenvalue weighted by molar-refractivity contribution is 7.81. The van der Waals surface area contributed by atoms with E-state index in [4.69, 9.17) is 5.11 Å². The Morgan fingerprint density at radius 1 is 1.38 bits per heavy atom. The number of aliphatic hydroxyl groups excluding tert-OH is 1. The van der Waals surface area contributed by atoms with Crippen molar-refractivity contribution in [3.8, 4) is 5.75 Å². The Hall–Kier alpha value is -1.14. The Labute approximate surface area is 94.1 Å². The topological polar surface area (TPSA) is 63.6 Å². The lowest BCUT2D eigenvalue weighted by molar-refractivity contribution is 0.185. The predicted octanol–water partition coefficient (Wildman–Crippen LogP) is 1.59. The van der Waals surface area contributed by atoms with Crippen LogP contribution in [0.15, 0.2) is 24.3 Å². The Morgan fingerprint density at radius 2 is 1.94 bits per heavy atom. The molecule has 0 aromatic heterocycles. The third kappa shape index (κ3) is 5.09. The lowest BCUT2D eigenvalue weighted by atomic mass is 10.1. The second-order valence-corrected chi connectivity index (χ2v) is 4.46. The zero-order valence-electron chi connectivity index (χ0n) is 8.76. The number of halogens is 1. The van der Waals surface area contributed by atoms with E-state index in [-0.39, 0.29) is 11.9 Å². The molecule has 0 saturated heterocycles. The van der Waals surface area contributed by atoms with Crippen molar-refractivity contribution in [3.05, 3.63) is 29.8 Å². The summed E-state index contributed by atoms with van der Waals surface area (Å²) < 4.78 is 36.5. The molecule has 1 N–H and O–H groups in total. The molecule has 0 radical (unpaired) electrons. The maximum atomic E-state index is 12.1. The summed E-state index contributed by atoms with van der Waals surface area (Å²) in [6, 6.07) is 5.99. The van der Waals surface area contributed by atoms with Gasteiger partial charge in [-0.2, -0.15) is 8.42 Å². The first-order valence-electron chi connectivity index (χ1n) is 4.78. The molecule has 0 spiro atoms. The molecule has 0 bridgehead atoms. The monoisotopic (exact) mass is 248 g/mol. The molecule has 1 unspecified atom stereocenters. The summed E-state index contributed by atoms with van der Waals surface area (Å²) in [6.45, 7) is 1.69. The van der Waals surface area contributed by atoms with E-state index in [1.165, 1.54) is 12.1 Å². The molecule has 6 heteroatoms. The van der Waals surface area contributed by atoms with Crippen LogP contribution in [0.1, 0.15) is 18.9 Å². The van der Waals surface area contributed by atoms with E-state index in [1.54, 1.807) is 19.1 Å². The average molecular weight is 248 g/mol. The Kier molecular flexibility index (Phi) is 4.26. The third-order valence-corrected chi connectivity index (χ3v) is 2.36. The number of hydrogen-bond acceptors (Lipinski definition) is 4. The quantitative estimate of drug-likeness (QED) is 0.804. The maximum absolute atomic E-state index is 12.1. The van der Waals surface area contributed by atoms with Crippen molar-refractivity contribution in [2.24, 2.45) is 0 Å². The first-order valence-corrected chi connectivity index (χ1v) is 6.09. The Balaban J connectivity index is 2.61. The molecule has 1 aromatic carbocycles. The van der Waals surface area contributed by atoms with Crippen molar-refractivity contribution in [3.63, 3.8) is 0 Å². The molecule has 1 atom stereocenters. The van der Waals surface area contributed by atoms with Gasteiger partial charge in [0.1, 0.15) is 5.75 Å². The minimum Gasteiger partial charge on any atom is -0.393 e. The Bertz CT molecular complexity index is 425. The molecule has 1 aromatic rings. The van der Waals surface area contributed by atoms with Crippen LogP contribution in [0.4, 0.5) is 3.89 Å². The molecule has 0 aliphatic rings. The van der Waals surface area contributed by atoms with Gasteiger partial charge >= 0.3 is 10.5 Å². The Morgan fingerprint density at radius 3 is 2.38 bits per heavy atom. The molecular weight excluding hydrogens is 235 g/mol. The van der Waals surface area contributed by atoms with Gasteiger partial charge in [-0.25, -0.2) is 0 Å². The third-order valence-electron chi connectivity index (χ3n) is 1.97. The smallest absolute Gasteiger partial charge is 0.393 e. The van der Waals surface area contributed by atoms with Crippen LogP contribution < -0.4 is 4.18 Å². The van der Waals surface area contributed by atoms with Crippen molar-refractivity contribution < 1.29 is 21.6 Å². The van der Waals surface area contributed by atoms with Crippen molar-refractivity contribution >= 4 is 10.5 Å². The fraction of sp³-hybridized carbons (Fsp3) is 0.400. The highest BCUT2D eigenvalue weighted by Gasteiger charge is 2.08. The van der Waals surface area contributed by atoms with Crippen LogP contribution >= 0.6 is 0 Å². The van der Waals surface area contributed by atoms with Gasteiger partial charge in [0.15, 0.2) is 0 Å². The van der Waals surface area contributed by atoms with E-state index >= 15 is 0 Å². The van der Waals surface area contributed by atoms with E-state index < -0.39 is 10.5 Å². The second kappa shape index (κ2) is 5.27. The summed E-state index contributed by atoms with van der Waals surface area (Å²) in [7, 11) is -4.96. The first-order chi connectivity index (χ1) is 7.37. The number of aliphatic hydroxyl groups is 1. The van der Waals surface area contributed by atoms with Gasteiger partial charge in [0.25, 0.3) is 0 Å². The average Bonchev–Trinajstić information content (AvgIpc) is 2.14. The minimum absolute atomic E-state index is 0.0664. The molecule has 1 rings (SSSR count). The SMILES string of the molecule is CC(O)CCc1ccc(OS(=O)(=O)F)cc1. The van der Waals surface area contributed by atoms with Gasteiger partial charge in [0, 0.05) is 0 Å². The summed E-state index contributed by atoms with van der Waals surface area (Å²) in [5.74, 6) is -0.0664. The van der Waals surface area contributed by atoms with Crippen LogP contribution in [0.2, 0.25) is 0 Å². The predicted molar refractivity (Wildman–Crippen MR) is 57.1 cm³/mol. The van der Waals surface area contributed by atoms with Crippen LogP contribution in [0.5, 0.6) is 5.75 Å². The summed E-state index contributed by atoms with van der Waals surface area (Å²) >= 11 is 0. The number of benzene rings is 1. The van der Waals surface area contributed by atoms with Gasteiger partial charge < -0.3 is 9.29 Å².